The van der Waals surface area contributed by atoms with Gasteiger partial charge in [-0.25, -0.2) is 4.98 Å². The number of thiazole rings is 1. The molecule has 100 valence electrons. The van der Waals surface area contributed by atoms with Gasteiger partial charge in [0.1, 0.15) is 0 Å². The van der Waals surface area contributed by atoms with Crippen LogP contribution in [0.5, 0.6) is 0 Å². The van der Waals surface area contributed by atoms with Crippen molar-refractivity contribution >= 4 is 28.2 Å². The Balaban J connectivity index is 1.63. The van der Waals surface area contributed by atoms with Gasteiger partial charge >= 0.3 is 0 Å². The van der Waals surface area contributed by atoms with Gasteiger partial charge in [0.05, 0.1) is 12.1 Å². The molecule has 3 rings (SSSR count). The fraction of sp³-hybridized carbons (Fsp3) is 0.455. The second-order valence-electron chi connectivity index (χ2n) is 4.44. The lowest BCUT2D eigenvalue weighted by Gasteiger charge is -2.31. The first-order valence-electron chi connectivity index (χ1n) is 6.14. The number of H-pyrrole nitrogens is 1. The van der Waals surface area contributed by atoms with Crippen molar-refractivity contribution in [1.29, 1.82) is 0 Å². The van der Waals surface area contributed by atoms with Crippen LogP contribution in [-0.2, 0) is 4.79 Å². The van der Waals surface area contributed by atoms with Crippen molar-refractivity contribution in [2.45, 2.75) is 12.8 Å². The number of carbonyl (C=O) groups excluding carboxylic acids is 1. The number of hydrogen-bond donors (Lipinski definition) is 2. The molecule has 1 fully saturated rings. The van der Waals surface area contributed by atoms with Crippen molar-refractivity contribution in [3.8, 4) is 0 Å². The molecule has 0 bridgehead atoms. The number of hydrogen-bond acceptors (Lipinski definition) is 6. The van der Waals surface area contributed by atoms with Crippen LogP contribution in [0.25, 0.3) is 0 Å². The minimum atomic E-state index is -0.0330. The average molecular weight is 278 g/mol. The van der Waals surface area contributed by atoms with E-state index in [-0.39, 0.29) is 11.8 Å². The summed E-state index contributed by atoms with van der Waals surface area (Å²) >= 11 is 1.60. The minimum Gasteiger partial charge on any atom is -0.347 e. The molecule has 1 amide bonds. The Bertz CT molecular complexity index is 525. The van der Waals surface area contributed by atoms with E-state index in [0.717, 1.165) is 24.5 Å². The van der Waals surface area contributed by atoms with Gasteiger partial charge in [-0.05, 0) is 12.8 Å². The first kappa shape index (κ1) is 12.1. The van der Waals surface area contributed by atoms with Crippen LogP contribution < -0.4 is 10.2 Å². The predicted octanol–water partition coefficient (Wildman–Crippen LogP) is 1.12. The van der Waals surface area contributed by atoms with E-state index in [1.807, 2.05) is 5.38 Å². The van der Waals surface area contributed by atoms with Gasteiger partial charge in [0.25, 0.3) is 0 Å². The maximum atomic E-state index is 12.1. The molecular weight excluding hydrogens is 264 g/mol. The summed E-state index contributed by atoms with van der Waals surface area (Å²) < 4.78 is 0. The number of anilines is 2. The van der Waals surface area contributed by atoms with Crippen LogP contribution in [0.4, 0.5) is 10.9 Å². The van der Waals surface area contributed by atoms with Crippen molar-refractivity contribution in [3.05, 3.63) is 17.8 Å². The van der Waals surface area contributed by atoms with E-state index in [4.69, 9.17) is 0 Å². The van der Waals surface area contributed by atoms with Crippen molar-refractivity contribution in [2.24, 2.45) is 5.92 Å². The molecule has 2 aromatic rings. The van der Waals surface area contributed by atoms with Crippen LogP contribution in [0.1, 0.15) is 12.8 Å². The summed E-state index contributed by atoms with van der Waals surface area (Å²) in [4.78, 5) is 18.6. The Labute approximate surface area is 114 Å². The Kier molecular flexibility index (Phi) is 3.41. The van der Waals surface area contributed by atoms with Gasteiger partial charge in [0.15, 0.2) is 10.9 Å². The van der Waals surface area contributed by atoms with E-state index >= 15 is 0 Å². The van der Waals surface area contributed by atoms with Crippen LogP contribution in [0.15, 0.2) is 17.8 Å². The summed E-state index contributed by atoms with van der Waals surface area (Å²) in [6, 6.07) is 0. The molecule has 7 nitrogen and oxygen atoms in total. The maximum absolute atomic E-state index is 12.1. The normalized spacial score (nSPS) is 19.4. The second kappa shape index (κ2) is 5.35. The zero-order valence-electron chi connectivity index (χ0n) is 10.2. The van der Waals surface area contributed by atoms with Gasteiger partial charge in [-0.1, -0.05) is 0 Å². The third-order valence-electron chi connectivity index (χ3n) is 3.15. The maximum Gasteiger partial charge on any atom is 0.230 e. The molecule has 0 aromatic carbocycles. The molecule has 1 aliphatic heterocycles. The SMILES string of the molecule is O=C(Nc1cn[nH]n1)C1CCCN(c2nccs2)C1. The lowest BCUT2D eigenvalue weighted by molar-refractivity contribution is -0.120. The highest BCUT2D eigenvalue weighted by Gasteiger charge is 2.27. The summed E-state index contributed by atoms with van der Waals surface area (Å²) in [5.74, 6) is 0.431. The average Bonchev–Trinajstić information content (AvgIpc) is 3.12. The summed E-state index contributed by atoms with van der Waals surface area (Å²) in [7, 11) is 0. The van der Waals surface area contributed by atoms with Crippen molar-refractivity contribution in [2.75, 3.05) is 23.3 Å². The Morgan fingerprint density at radius 3 is 3.26 bits per heavy atom. The molecule has 3 heterocycles. The van der Waals surface area contributed by atoms with E-state index in [9.17, 15) is 4.79 Å². The molecule has 0 spiro atoms. The molecule has 1 atom stereocenters. The molecular formula is C11H14N6OS. The fourth-order valence-corrected chi connectivity index (χ4v) is 2.91. The van der Waals surface area contributed by atoms with Crippen LogP contribution >= 0.6 is 11.3 Å². The molecule has 8 heteroatoms. The zero-order chi connectivity index (χ0) is 13.1. The minimum absolute atomic E-state index is 0.00449. The van der Waals surface area contributed by atoms with Gasteiger partial charge < -0.3 is 10.2 Å². The molecule has 0 aliphatic carbocycles. The Hall–Kier alpha value is -1.96. The van der Waals surface area contributed by atoms with E-state index in [1.54, 1.807) is 17.5 Å². The number of nitrogens with zero attached hydrogens (tertiary/aromatic N) is 4. The van der Waals surface area contributed by atoms with Crippen molar-refractivity contribution < 1.29 is 4.79 Å². The number of piperidine rings is 1. The number of aromatic amines is 1. The molecule has 1 aliphatic rings. The molecule has 0 radical (unpaired) electrons. The van der Waals surface area contributed by atoms with Gasteiger partial charge in [0.2, 0.25) is 5.91 Å². The van der Waals surface area contributed by atoms with E-state index in [0.29, 0.717) is 12.4 Å². The molecule has 19 heavy (non-hydrogen) atoms. The third-order valence-corrected chi connectivity index (χ3v) is 3.98. The summed E-state index contributed by atoms with van der Waals surface area (Å²) in [6.07, 6.45) is 5.18. The summed E-state index contributed by atoms with van der Waals surface area (Å²) in [5.41, 5.74) is 0. The summed E-state index contributed by atoms with van der Waals surface area (Å²) in [5, 5.41) is 15.7. The van der Waals surface area contributed by atoms with Gasteiger partial charge in [-0.15, -0.1) is 16.4 Å². The monoisotopic (exact) mass is 278 g/mol. The second-order valence-corrected chi connectivity index (χ2v) is 5.32. The largest absolute Gasteiger partial charge is 0.347 e. The molecule has 0 saturated carbocycles. The first-order chi connectivity index (χ1) is 9.33. The number of carbonyl (C=O) groups is 1. The quantitative estimate of drug-likeness (QED) is 0.878. The Morgan fingerprint density at radius 1 is 1.58 bits per heavy atom. The van der Waals surface area contributed by atoms with E-state index < -0.39 is 0 Å². The zero-order valence-corrected chi connectivity index (χ0v) is 11.1. The number of aromatic nitrogens is 4. The van der Waals surface area contributed by atoms with Crippen LogP contribution in [0, 0.1) is 5.92 Å². The predicted molar refractivity (Wildman–Crippen MR) is 72.1 cm³/mol. The summed E-state index contributed by atoms with van der Waals surface area (Å²) in [6.45, 7) is 1.67. The highest BCUT2D eigenvalue weighted by molar-refractivity contribution is 7.13. The molecule has 2 aromatic heterocycles. The molecule has 1 saturated heterocycles. The van der Waals surface area contributed by atoms with Crippen LogP contribution in [0.3, 0.4) is 0 Å². The standard InChI is InChI=1S/C11H14N6OS/c18-10(14-9-6-13-16-15-9)8-2-1-4-17(7-8)11-12-3-5-19-11/h3,5-6,8H,1-2,4,7H2,(H2,13,14,15,16,18). The van der Waals surface area contributed by atoms with Crippen molar-refractivity contribution in [1.82, 2.24) is 20.4 Å². The third kappa shape index (κ3) is 2.73. The van der Waals surface area contributed by atoms with Crippen molar-refractivity contribution in [3.63, 3.8) is 0 Å². The van der Waals surface area contributed by atoms with E-state index in [2.05, 4.69) is 30.6 Å². The van der Waals surface area contributed by atoms with Gasteiger partial charge in [0, 0.05) is 24.7 Å². The number of nitrogens with one attached hydrogen (secondary N) is 2. The topological polar surface area (TPSA) is 86.8 Å². The highest BCUT2D eigenvalue weighted by Crippen LogP contribution is 2.25. The van der Waals surface area contributed by atoms with Gasteiger partial charge in [-0.2, -0.15) is 10.3 Å². The van der Waals surface area contributed by atoms with Crippen LogP contribution in [-0.4, -0.2) is 39.4 Å². The fourth-order valence-electron chi connectivity index (χ4n) is 2.23. The van der Waals surface area contributed by atoms with Crippen LogP contribution in [0.2, 0.25) is 0 Å². The molecule has 1 unspecified atom stereocenters. The number of amides is 1. The lowest BCUT2D eigenvalue weighted by Crippen LogP contribution is -2.40. The Morgan fingerprint density at radius 2 is 2.53 bits per heavy atom. The number of rotatable bonds is 3. The smallest absolute Gasteiger partial charge is 0.230 e. The lowest BCUT2D eigenvalue weighted by atomic mass is 9.97. The molecule has 2 N–H and O–H groups in total. The van der Waals surface area contributed by atoms with E-state index in [1.165, 1.54) is 6.20 Å². The highest BCUT2D eigenvalue weighted by atomic mass is 32.1. The van der Waals surface area contributed by atoms with Gasteiger partial charge in [-0.3, -0.25) is 4.79 Å². The first-order valence-corrected chi connectivity index (χ1v) is 7.02.